The van der Waals surface area contributed by atoms with Crippen molar-refractivity contribution >= 4 is 16.1 Å². The lowest BCUT2D eigenvalue weighted by atomic mass is 9.99. The van der Waals surface area contributed by atoms with Crippen molar-refractivity contribution in [1.29, 1.82) is 0 Å². The normalized spacial score (nSPS) is 17.4. The quantitative estimate of drug-likeness (QED) is 0.527. The first kappa shape index (κ1) is 24.2. The van der Waals surface area contributed by atoms with Gasteiger partial charge >= 0.3 is 6.03 Å². The molecule has 7 heteroatoms. The van der Waals surface area contributed by atoms with Gasteiger partial charge in [0.05, 0.1) is 5.25 Å². The van der Waals surface area contributed by atoms with Gasteiger partial charge in [-0.2, -0.15) is 0 Å². The van der Waals surface area contributed by atoms with Crippen LogP contribution in [-0.4, -0.2) is 72.6 Å². The van der Waals surface area contributed by atoms with Crippen LogP contribution < -0.4 is 0 Å². The summed E-state index contributed by atoms with van der Waals surface area (Å²) in [7, 11) is 0.347. The third-order valence-electron chi connectivity index (χ3n) is 5.87. The van der Waals surface area contributed by atoms with E-state index < -0.39 is 15.3 Å². The lowest BCUT2D eigenvalue weighted by Crippen LogP contribution is -2.46. The first-order chi connectivity index (χ1) is 12.4. The van der Waals surface area contributed by atoms with Gasteiger partial charge in [-0.3, -0.25) is 0 Å². The molecule has 0 aromatic rings. The summed E-state index contributed by atoms with van der Waals surface area (Å²) >= 11 is 0. The summed E-state index contributed by atoms with van der Waals surface area (Å²) in [6.07, 6.45) is 4.99. The van der Waals surface area contributed by atoms with Gasteiger partial charge in [0.15, 0.2) is 0 Å². The summed E-state index contributed by atoms with van der Waals surface area (Å²) in [5, 5.41) is -0.390. The third kappa shape index (κ3) is 6.93. The Morgan fingerprint density at radius 2 is 1.52 bits per heavy atom. The van der Waals surface area contributed by atoms with Gasteiger partial charge in [-0.15, -0.1) is 0 Å². The Labute approximate surface area is 167 Å². The second-order valence-corrected chi connectivity index (χ2v) is 11.4. The van der Waals surface area contributed by atoms with E-state index in [4.69, 9.17) is 0 Å². The van der Waals surface area contributed by atoms with Gasteiger partial charge in [-0.1, -0.05) is 6.92 Å². The molecule has 0 N–H and O–H groups in total. The largest absolute Gasteiger partial charge is 0.325 e. The van der Waals surface area contributed by atoms with E-state index in [1.165, 1.54) is 4.31 Å². The second kappa shape index (κ2) is 10.1. The summed E-state index contributed by atoms with van der Waals surface area (Å²) in [5.74, 6) is 0.459. The van der Waals surface area contributed by atoms with E-state index in [-0.39, 0.29) is 18.1 Å². The standard InChI is InChI=1S/C20H41N3O3S/c1-15(2)21(7)20(24)23(19-11-12-19)14-13-17(5)9-10-18(6)22(8)27(25,26)16(3)4/h15-19H,9-14H2,1-8H3. The summed E-state index contributed by atoms with van der Waals surface area (Å²) < 4.78 is 26.1. The maximum atomic E-state index is 12.7. The maximum absolute atomic E-state index is 12.7. The van der Waals surface area contributed by atoms with E-state index in [1.54, 1.807) is 20.9 Å². The number of carbonyl (C=O) groups is 1. The molecule has 0 saturated heterocycles. The topological polar surface area (TPSA) is 60.9 Å². The Morgan fingerprint density at radius 1 is 0.963 bits per heavy atom. The van der Waals surface area contributed by atoms with E-state index in [2.05, 4.69) is 6.92 Å². The van der Waals surface area contributed by atoms with Gasteiger partial charge in [0, 0.05) is 38.8 Å². The van der Waals surface area contributed by atoms with Gasteiger partial charge in [0.25, 0.3) is 0 Å². The molecule has 1 saturated carbocycles. The molecule has 1 aliphatic rings. The minimum Gasteiger partial charge on any atom is -0.325 e. The second-order valence-electron chi connectivity index (χ2n) is 8.84. The lowest BCUT2D eigenvalue weighted by molar-refractivity contribution is 0.146. The van der Waals surface area contributed by atoms with E-state index in [0.29, 0.717) is 12.0 Å². The molecule has 1 fully saturated rings. The molecule has 27 heavy (non-hydrogen) atoms. The van der Waals surface area contributed by atoms with Crippen molar-refractivity contribution in [3.05, 3.63) is 0 Å². The smallest absolute Gasteiger partial charge is 0.320 e. The number of hydrogen-bond donors (Lipinski definition) is 0. The highest BCUT2D eigenvalue weighted by molar-refractivity contribution is 7.89. The van der Waals surface area contributed by atoms with Crippen LogP contribution in [0.3, 0.4) is 0 Å². The summed E-state index contributed by atoms with van der Waals surface area (Å²) in [4.78, 5) is 16.5. The molecule has 2 amide bonds. The predicted molar refractivity (Wildman–Crippen MR) is 112 cm³/mol. The molecule has 0 heterocycles. The molecule has 0 radical (unpaired) electrons. The van der Waals surface area contributed by atoms with Crippen molar-refractivity contribution in [2.45, 2.75) is 97.0 Å². The Hall–Kier alpha value is -0.820. The fourth-order valence-electron chi connectivity index (χ4n) is 3.04. The third-order valence-corrected chi connectivity index (χ3v) is 8.22. The molecule has 1 aliphatic carbocycles. The predicted octanol–water partition coefficient (Wildman–Crippen LogP) is 3.78. The zero-order valence-corrected chi connectivity index (χ0v) is 19.4. The molecule has 0 bridgehead atoms. The van der Waals surface area contributed by atoms with Crippen LogP contribution in [0.4, 0.5) is 4.79 Å². The van der Waals surface area contributed by atoms with Crippen molar-refractivity contribution in [3.63, 3.8) is 0 Å². The van der Waals surface area contributed by atoms with Crippen LogP contribution in [0.2, 0.25) is 0 Å². The van der Waals surface area contributed by atoms with E-state index >= 15 is 0 Å². The highest BCUT2D eigenvalue weighted by Crippen LogP contribution is 2.29. The van der Waals surface area contributed by atoms with Gasteiger partial charge < -0.3 is 9.80 Å². The molecule has 0 aliphatic heterocycles. The van der Waals surface area contributed by atoms with Crippen LogP contribution in [0.15, 0.2) is 0 Å². The van der Waals surface area contributed by atoms with E-state index in [1.807, 2.05) is 37.6 Å². The number of urea groups is 1. The zero-order chi connectivity index (χ0) is 20.9. The van der Waals surface area contributed by atoms with E-state index in [9.17, 15) is 13.2 Å². The minimum atomic E-state index is -3.21. The van der Waals surface area contributed by atoms with Crippen molar-refractivity contribution in [1.82, 2.24) is 14.1 Å². The van der Waals surface area contributed by atoms with E-state index in [0.717, 1.165) is 38.6 Å². The molecular formula is C20H41N3O3S. The molecule has 0 aromatic heterocycles. The molecule has 1 rings (SSSR count). The summed E-state index contributed by atoms with van der Waals surface area (Å²) in [5.41, 5.74) is 0. The highest BCUT2D eigenvalue weighted by atomic mass is 32.2. The monoisotopic (exact) mass is 403 g/mol. The van der Waals surface area contributed by atoms with Crippen molar-refractivity contribution < 1.29 is 13.2 Å². The number of carbonyl (C=O) groups excluding carboxylic acids is 1. The number of sulfonamides is 1. The summed E-state index contributed by atoms with van der Waals surface area (Å²) in [6, 6.07) is 0.742. The SMILES string of the molecule is CC(CCC(C)N(C)S(=O)(=O)C(C)C)CCN(C(=O)N(C)C(C)C)C1CC1. The van der Waals surface area contributed by atoms with Crippen LogP contribution in [0, 0.1) is 5.92 Å². The first-order valence-electron chi connectivity index (χ1n) is 10.4. The van der Waals surface area contributed by atoms with Crippen LogP contribution in [0.1, 0.15) is 73.6 Å². The highest BCUT2D eigenvalue weighted by Gasteiger charge is 2.34. The molecule has 0 aromatic carbocycles. The fourth-order valence-corrected chi connectivity index (χ4v) is 4.31. The lowest BCUT2D eigenvalue weighted by Gasteiger charge is -2.31. The van der Waals surface area contributed by atoms with Crippen LogP contribution in [0.5, 0.6) is 0 Å². The number of nitrogens with zero attached hydrogens (tertiary/aromatic N) is 3. The number of hydrogen-bond acceptors (Lipinski definition) is 3. The number of amides is 2. The van der Waals surface area contributed by atoms with Gasteiger partial charge in [-0.05, 0) is 72.6 Å². The van der Waals surface area contributed by atoms with Gasteiger partial charge in [0.1, 0.15) is 0 Å². The maximum Gasteiger partial charge on any atom is 0.320 e. The Morgan fingerprint density at radius 3 is 1.96 bits per heavy atom. The Kier molecular flexibility index (Phi) is 9.06. The van der Waals surface area contributed by atoms with Crippen LogP contribution >= 0.6 is 0 Å². The Balaban J connectivity index is 2.49. The average molecular weight is 404 g/mol. The molecule has 2 atom stereocenters. The molecule has 6 nitrogen and oxygen atoms in total. The zero-order valence-electron chi connectivity index (χ0n) is 18.6. The fraction of sp³-hybridized carbons (Fsp3) is 0.950. The molecule has 2 unspecified atom stereocenters. The van der Waals surface area contributed by atoms with Gasteiger partial charge in [-0.25, -0.2) is 17.5 Å². The number of rotatable bonds is 11. The molecule has 160 valence electrons. The summed E-state index contributed by atoms with van der Waals surface area (Å²) in [6.45, 7) is 12.5. The average Bonchev–Trinajstić information content (AvgIpc) is 3.42. The first-order valence-corrected chi connectivity index (χ1v) is 11.9. The molecule has 0 spiro atoms. The van der Waals surface area contributed by atoms with Crippen molar-refractivity contribution in [2.24, 2.45) is 5.92 Å². The Bertz CT molecular complexity index is 573. The van der Waals surface area contributed by atoms with Gasteiger partial charge in [0.2, 0.25) is 10.0 Å². The molecular weight excluding hydrogens is 362 g/mol. The van der Waals surface area contributed by atoms with Crippen molar-refractivity contribution in [3.8, 4) is 0 Å². The van der Waals surface area contributed by atoms with Crippen LogP contribution in [-0.2, 0) is 10.0 Å². The minimum absolute atomic E-state index is 0.00640. The van der Waals surface area contributed by atoms with Crippen LogP contribution in [0.25, 0.3) is 0 Å². The van der Waals surface area contributed by atoms with Crippen molar-refractivity contribution in [2.75, 3.05) is 20.6 Å².